The van der Waals surface area contributed by atoms with Crippen molar-refractivity contribution in [2.45, 2.75) is 26.2 Å². The van der Waals surface area contributed by atoms with Gasteiger partial charge in [0.15, 0.2) is 11.5 Å². The maximum absolute atomic E-state index is 12.4. The first-order chi connectivity index (χ1) is 13.0. The summed E-state index contributed by atoms with van der Waals surface area (Å²) in [5.41, 5.74) is 2.85. The van der Waals surface area contributed by atoms with Crippen LogP contribution in [0.4, 0.5) is 5.69 Å². The van der Waals surface area contributed by atoms with Gasteiger partial charge in [0, 0.05) is 25.2 Å². The number of hydrogen-bond donors (Lipinski definition) is 3. The number of benzene rings is 2. The summed E-state index contributed by atoms with van der Waals surface area (Å²) in [5.74, 6) is -0.886. The summed E-state index contributed by atoms with van der Waals surface area (Å²) < 4.78 is 0. The smallest absolute Gasteiger partial charge is 0.227 e. The topological polar surface area (TPSA) is 89.9 Å². The van der Waals surface area contributed by atoms with Gasteiger partial charge in [0.1, 0.15) is 0 Å². The number of phenols is 2. The third-order valence-electron chi connectivity index (χ3n) is 4.90. The zero-order chi connectivity index (χ0) is 19.4. The highest BCUT2D eigenvalue weighted by Crippen LogP contribution is 2.26. The molecular formula is C21H24N2O4. The van der Waals surface area contributed by atoms with E-state index in [0.717, 1.165) is 17.7 Å². The Morgan fingerprint density at radius 2 is 1.81 bits per heavy atom. The van der Waals surface area contributed by atoms with E-state index in [9.17, 15) is 19.8 Å². The van der Waals surface area contributed by atoms with Crippen molar-refractivity contribution in [3.63, 3.8) is 0 Å². The fraction of sp³-hybridized carbons (Fsp3) is 0.333. The largest absolute Gasteiger partial charge is 0.504 e. The van der Waals surface area contributed by atoms with Gasteiger partial charge in [0.25, 0.3) is 0 Å². The van der Waals surface area contributed by atoms with Crippen LogP contribution in [0.2, 0.25) is 0 Å². The van der Waals surface area contributed by atoms with Crippen molar-refractivity contribution >= 4 is 17.5 Å². The van der Waals surface area contributed by atoms with Crippen LogP contribution in [0.1, 0.15) is 24.5 Å². The van der Waals surface area contributed by atoms with Crippen molar-refractivity contribution in [3.8, 4) is 11.5 Å². The molecule has 142 valence electrons. The second kappa shape index (κ2) is 8.12. The predicted octanol–water partition coefficient (Wildman–Crippen LogP) is 2.37. The van der Waals surface area contributed by atoms with Gasteiger partial charge in [-0.05, 0) is 48.2 Å². The van der Waals surface area contributed by atoms with Crippen molar-refractivity contribution in [2.75, 3.05) is 18.0 Å². The van der Waals surface area contributed by atoms with Gasteiger partial charge in [0.2, 0.25) is 11.8 Å². The number of aromatic hydroxyl groups is 2. The van der Waals surface area contributed by atoms with Crippen LogP contribution in [0.25, 0.3) is 0 Å². The number of aryl methyl sites for hydroxylation is 1. The molecule has 1 fully saturated rings. The fourth-order valence-corrected chi connectivity index (χ4v) is 3.24. The molecule has 1 aliphatic heterocycles. The highest BCUT2D eigenvalue weighted by molar-refractivity contribution is 6.00. The normalized spacial score (nSPS) is 16.6. The minimum Gasteiger partial charge on any atom is -0.504 e. The van der Waals surface area contributed by atoms with Gasteiger partial charge in [-0.2, -0.15) is 0 Å². The number of rotatable bonds is 6. The Morgan fingerprint density at radius 3 is 2.48 bits per heavy atom. The molecule has 0 radical (unpaired) electrons. The second-order valence-corrected chi connectivity index (χ2v) is 6.79. The van der Waals surface area contributed by atoms with E-state index in [1.807, 2.05) is 24.3 Å². The van der Waals surface area contributed by atoms with Crippen molar-refractivity contribution in [3.05, 3.63) is 53.6 Å². The second-order valence-electron chi connectivity index (χ2n) is 6.79. The van der Waals surface area contributed by atoms with Gasteiger partial charge in [-0.25, -0.2) is 0 Å². The van der Waals surface area contributed by atoms with Crippen LogP contribution < -0.4 is 10.2 Å². The lowest BCUT2D eigenvalue weighted by Crippen LogP contribution is -2.34. The number of hydrogen-bond acceptors (Lipinski definition) is 4. The Kier molecular flexibility index (Phi) is 5.64. The Bertz CT molecular complexity index is 833. The first kappa shape index (κ1) is 18.8. The predicted molar refractivity (Wildman–Crippen MR) is 103 cm³/mol. The van der Waals surface area contributed by atoms with Crippen LogP contribution in [-0.4, -0.2) is 35.1 Å². The Labute approximate surface area is 158 Å². The van der Waals surface area contributed by atoms with Crippen molar-refractivity contribution < 1.29 is 19.8 Å². The minimum atomic E-state index is -0.364. The number of anilines is 1. The fourth-order valence-electron chi connectivity index (χ4n) is 3.24. The van der Waals surface area contributed by atoms with Crippen LogP contribution in [0.3, 0.4) is 0 Å². The minimum absolute atomic E-state index is 0.0390. The quantitative estimate of drug-likeness (QED) is 0.683. The average molecular weight is 368 g/mol. The molecule has 3 rings (SSSR count). The van der Waals surface area contributed by atoms with Crippen LogP contribution in [-0.2, 0) is 22.4 Å². The average Bonchev–Trinajstić information content (AvgIpc) is 3.06. The summed E-state index contributed by atoms with van der Waals surface area (Å²) in [6, 6.07) is 12.4. The van der Waals surface area contributed by atoms with E-state index in [1.165, 1.54) is 17.7 Å². The van der Waals surface area contributed by atoms with Gasteiger partial charge >= 0.3 is 0 Å². The van der Waals surface area contributed by atoms with Gasteiger partial charge in [-0.3, -0.25) is 9.59 Å². The lowest BCUT2D eigenvalue weighted by atomic mass is 10.1. The lowest BCUT2D eigenvalue weighted by molar-refractivity contribution is -0.126. The Balaban J connectivity index is 1.53. The summed E-state index contributed by atoms with van der Waals surface area (Å²) in [5, 5.41) is 21.7. The van der Waals surface area contributed by atoms with Gasteiger partial charge < -0.3 is 20.4 Å². The number of carbonyl (C=O) groups excluding carboxylic acids is 2. The molecule has 2 aromatic rings. The lowest BCUT2D eigenvalue weighted by Gasteiger charge is -2.17. The van der Waals surface area contributed by atoms with Gasteiger partial charge in [0.05, 0.1) is 5.92 Å². The highest BCUT2D eigenvalue weighted by Gasteiger charge is 2.34. The molecule has 27 heavy (non-hydrogen) atoms. The molecule has 0 aliphatic carbocycles. The number of nitrogens with one attached hydrogen (secondary N) is 1. The van der Waals surface area contributed by atoms with E-state index in [4.69, 9.17) is 0 Å². The standard InChI is InChI=1S/C21H24N2O4/c1-2-14-3-6-17(7-4-14)23-13-16(12-20(23)26)21(27)22-10-9-15-5-8-18(24)19(25)11-15/h3-8,11,16,24-25H,2,9-10,12-13H2,1H3,(H,22,27)/t16-/m1/s1. The summed E-state index contributed by atoms with van der Waals surface area (Å²) in [6.45, 7) is 2.87. The van der Waals surface area contributed by atoms with E-state index >= 15 is 0 Å². The molecule has 0 bridgehead atoms. The molecule has 1 saturated heterocycles. The van der Waals surface area contributed by atoms with Crippen LogP contribution in [0.15, 0.2) is 42.5 Å². The van der Waals surface area contributed by atoms with E-state index < -0.39 is 0 Å². The highest BCUT2D eigenvalue weighted by atomic mass is 16.3. The maximum Gasteiger partial charge on any atom is 0.227 e. The monoisotopic (exact) mass is 368 g/mol. The van der Waals surface area contributed by atoms with Crippen molar-refractivity contribution in [1.82, 2.24) is 5.32 Å². The molecule has 0 spiro atoms. The zero-order valence-electron chi connectivity index (χ0n) is 15.3. The molecule has 6 nitrogen and oxygen atoms in total. The third-order valence-corrected chi connectivity index (χ3v) is 4.90. The van der Waals surface area contributed by atoms with Crippen LogP contribution >= 0.6 is 0 Å². The number of carbonyl (C=O) groups is 2. The van der Waals surface area contributed by atoms with E-state index in [2.05, 4.69) is 12.2 Å². The van der Waals surface area contributed by atoms with Gasteiger partial charge in [-0.1, -0.05) is 25.1 Å². The first-order valence-corrected chi connectivity index (χ1v) is 9.15. The molecule has 1 atom stereocenters. The molecule has 0 aromatic heterocycles. The zero-order valence-corrected chi connectivity index (χ0v) is 15.3. The van der Waals surface area contributed by atoms with E-state index in [-0.39, 0.29) is 35.7 Å². The number of nitrogens with zero attached hydrogens (tertiary/aromatic N) is 1. The third kappa shape index (κ3) is 4.39. The van der Waals surface area contributed by atoms with E-state index in [0.29, 0.717) is 19.5 Å². The molecule has 1 aliphatic rings. The molecule has 2 aromatic carbocycles. The molecule has 2 amide bonds. The SMILES string of the molecule is CCc1ccc(N2C[C@H](C(=O)NCCc3ccc(O)c(O)c3)CC2=O)cc1. The number of phenolic OH excluding ortho intramolecular Hbond substituents is 2. The summed E-state index contributed by atoms with van der Waals surface area (Å²) in [7, 11) is 0. The van der Waals surface area contributed by atoms with Crippen LogP contribution in [0, 0.1) is 5.92 Å². The van der Waals surface area contributed by atoms with Crippen LogP contribution in [0.5, 0.6) is 11.5 Å². The molecule has 6 heteroatoms. The summed E-state index contributed by atoms with van der Waals surface area (Å²) in [4.78, 5) is 26.4. The van der Waals surface area contributed by atoms with Crippen molar-refractivity contribution in [2.24, 2.45) is 5.92 Å². The summed E-state index contributed by atoms with van der Waals surface area (Å²) in [6.07, 6.45) is 1.68. The van der Waals surface area contributed by atoms with Crippen molar-refractivity contribution in [1.29, 1.82) is 0 Å². The van der Waals surface area contributed by atoms with Gasteiger partial charge in [-0.15, -0.1) is 0 Å². The summed E-state index contributed by atoms with van der Waals surface area (Å²) >= 11 is 0. The Morgan fingerprint density at radius 1 is 1.11 bits per heavy atom. The molecule has 3 N–H and O–H groups in total. The first-order valence-electron chi connectivity index (χ1n) is 9.15. The molecule has 0 unspecified atom stereocenters. The maximum atomic E-state index is 12.4. The molecular weight excluding hydrogens is 344 g/mol. The Hall–Kier alpha value is -3.02. The number of amides is 2. The van der Waals surface area contributed by atoms with E-state index in [1.54, 1.807) is 11.0 Å². The molecule has 1 heterocycles. The molecule has 0 saturated carbocycles.